The van der Waals surface area contributed by atoms with Crippen LogP contribution in [0.5, 0.6) is 0 Å². The Labute approximate surface area is 91.2 Å². The van der Waals surface area contributed by atoms with Crippen LogP contribution in [0.15, 0.2) is 18.2 Å². The van der Waals surface area contributed by atoms with Gasteiger partial charge in [0.05, 0.1) is 11.6 Å². The van der Waals surface area contributed by atoms with Crippen LogP contribution in [0.3, 0.4) is 0 Å². The lowest BCUT2D eigenvalue weighted by Gasteiger charge is -2.12. The molecule has 1 aromatic rings. The van der Waals surface area contributed by atoms with E-state index in [2.05, 4.69) is 19.9 Å². The molecule has 1 aromatic carbocycles. The van der Waals surface area contributed by atoms with Crippen molar-refractivity contribution in [2.75, 3.05) is 6.61 Å². The van der Waals surface area contributed by atoms with E-state index in [1.807, 2.05) is 25.1 Å². The number of rotatable bonds is 3. The Morgan fingerprint density at radius 3 is 2.47 bits per heavy atom. The summed E-state index contributed by atoms with van der Waals surface area (Å²) in [6.07, 6.45) is 0. The number of aliphatic hydroxyl groups is 1. The second kappa shape index (κ2) is 4.95. The Kier molecular flexibility index (Phi) is 3.88. The zero-order chi connectivity index (χ0) is 11.4. The largest absolute Gasteiger partial charge is 0.396 e. The molecule has 0 aliphatic rings. The highest BCUT2D eigenvalue weighted by Crippen LogP contribution is 2.23. The van der Waals surface area contributed by atoms with E-state index in [4.69, 9.17) is 10.4 Å². The van der Waals surface area contributed by atoms with Crippen LogP contribution < -0.4 is 0 Å². The molecule has 0 heterocycles. The average molecular weight is 203 g/mol. The standard InChI is InChI=1S/C13H17NO/c1-9(2)13-5-4-11(10(3)8-15)6-12(13)7-14/h4-6,9-10,15H,8H2,1-3H3. The monoisotopic (exact) mass is 203 g/mol. The van der Waals surface area contributed by atoms with Crippen molar-refractivity contribution in [3.05, 3.63) is 34.9 Å². The molecule has 0 fully saturated rings. The summed E-state index contributed by atoms with van der Waals surface area (Å²) in [5.41, 5.74) is 2.83. The Morgan fingerprint density at radius 2 is 2.00 bits per heavy atom. The summed E-state index contributed by atoms with van der Waals surface area (Å²) in [5, 5.41) is 18.1. The topological polar surface area (TPSA) is 44.0 Å². The first kappa shape index (κ1) is 11.7. The molecule has 15 heavy (non-hydrogen) atoms. The Morgan fingerprint density at radius 1 is 1.33 bits per heavy atom. The van der Waals surface area contributed by atoms with E-state index in [9.17, 15) is 0 Å². The predicted octanol–water partition coefficient (Wildman–Crippen LogP) is 2.78. The van der Waals surface area contributed by atoms with Gasteiger partial charge in [-0.1, -0.05) is 32.9 Å². The van der Waals surface area contributed by atoms with Crippen LogP contribution in [0, 0.1) is 11.3 Å². The van der Waals surface area contributed by atoms with Crippen LogP contribution in [0.4, 0.5) is 0 Å². The van der Waals surface area contributed by atoms with Gasteiger partial charge >= 0.3 is 0 Å². The normalized spacial score (nSPS) is 12.5. The number of aliphatic hydroxyl groups excluding tert-OH is 1. The van der Waals surface area contributed by atoms with E-state index in [-0.39, 0.29) is 12.5 Å². The number of benzene rings is 1. The fourth-order valence-electron chi connectivity index (χ4n) is 1.59. The number of nitrogens with zero attached hydrogens (tertiary/aromatic N) is 1. The summed E-state index contributed by atoms with van der Waals surface area (Å²) in [6.45, 7) is 6.22. The molecule has 2 heteroatoms. The van der Waals surface area contributed by atoms with Crippen LogP contribution in [0.2, 0.25) is 0 Å². The maximum Gasteiger partial charge on any atom is 0.0994 e. The molecular formula is C13H17NO. The summed E-state index contributed by atoms with van der Waals surface area (Å²) >= 11 is 0. The molecule has 0 bridgehead atoms. The van der Waals surface area contributed by atoms with Crippen LogP contribution in [0.1, 0.15) is 49.3 Å². The maximum atomic E-state index is 9.05. The van der Waals surface area contributed by atoms with Gasteiger partial charge in [0.1, 0.15) is 0 Å². The summed E-state index contributed by atoms with van der Waals surface area (Å²) < 4.78 is 0. The van der Waals surface area contributed by atoms with E-state index in [1.54, 1.807) is 0 Å². The lowest BCUT2D eigenvalue weighted by Crippen LogP contribution is -2.01. The molecule has 0 spiro atoms. The van der Waals surface area contributed by atoms with Crippen LogP contribution >= 0.6 is 0 Å². The molecule has 1 unspecified atom stereocenters. The first-order valence-electron chi connectivity index (χ1n) is 5.25. The minimum absolute atomic E-state index is 0.0957. The SMILES string of the molecule is CC(C)c1ccc(C(C)CO)cc1C#N. The summed E-state index contributed by atoms with van der Waals surface area (Å²) in [4.78, 5) is 0. The van der Waals surface area contributed by atoms with Gasteiger partial charge in [0.25, 0.3) is 0 Å². The van der Waals surface area contributed by atoms with Gasteiger partial charge in [0, 0.05) is 12.5 Å². The van der Waals surface area contributed by atoms with E-state index in [0.29, 0.717) is 5.92 Å². The van der Waals surface area contributed by atoms with E-state index in [0.717, 1.165) is 16.7 Å². The summed E-state index contributed by atoms with van der Waals surface area (Å²) in [6, 6.07) is 8.09. The molecule has 2 nitrogen and oxygen atoms in total. The maximum absolute atomic E-state index is 9.05. The zero-order valence-electron chi connectivity index (χ0n) is 9.49. The molecule has 0 saturated heterocycles. The van der Waals surface area contributed by atoms with Crippen molar-refractivity contribution in [1.82, 2.24) is 0 Å². The molecule has 0 aliphatic carbocycles. The predicted molar refractivity (Wildman–Crippen MR) is 60.7 cm³/mol. The molecular weight excluding hydrogens is 186 g/mol. The van der Waals surface area contributed by atoms with Gasteiger partial charge in [-0.2, -0.15) is 5.26 Å². The van der Waals surface area contributed by atoms with Crippen molar-refractivity contribution >= 4 is 0 Å². The van der Waals surface area contributed by atoms with Gasteiger partial charge in [0.15, 0.2) is 0 Å². The van der Waals surface area contributed by atoms with Crippen LogP contribution in [0.25, 0.3) is 0 Å². The lowest BCUT2D eigenvalue weighted by atomic mass is 9.92. The number of hydrogen-bond donors (Lipinski definition) is 1. The fourth-order valence-corrected chi connectivity index (χ4v) is 1.59. The average Bonchev–Trinajstić information content (AvgIpc) is 2.26. The van der Waals surface area contributed by atoms with Crippen LogP contribution in [-0.2, 0) is 0 Å². The van der Waals surface area contributed by atoms with Gasteiger partial charge in [-0.3, -0.25) is 0 Å². The molecule has 0 aliphatic heterocycles. The van der Waals surface area contributed by atoms with Crippen molar-refractivity contribution in [2.45, 2.75) is 32.6 Å². The highest BCUT2D eigenvalue weighted by atomic mass is 16.3. The molecule has 0 aromatic heterocycles. The zero-order valence-corrected chi connectivity index (χ0v) is 9.49. The van der Waals surface area contributed by atoms with E-state index in [1.165, 1.54) is 0 Å². The van der Waals surface area contributed by atoms with Crippen molar-refractivity contribution in [1.29, 1.82) is 5.26 Å². The highest BCUT2D eigenvalue weighted by Gasteiger charge is 2.10. The van der Waals surface area contributed by atoms with Crippen molar-refractivity contribution < 1.29 is 5.11 Å². The van der Waals surface area contributed by atoms with Gasteiger partial charge in [-0.15, -0.1) is 0 Å². The first-order valence-corrected chi connectivity index (χ1v) is 5.25. The molecule has 1 rings (SSSR count). The fraction of sp³-hybridized carbons (Fsp3) is 0.462. The molecule has 0 radical (unpaired) electrons. The Bertz CT molecular complexity index is 377. The van der Waals surface area contributed by atoms with Gasteiger partial charge in [-0.25, -0.2) is 0 Å². The lowest BCUT2D eigenvalue weighted by molar-refractivity contribution is 0.273. The van der Waals surface area contributed by atoms with Crippen molar-refractivity contribution in [3.63, 3.8) is 0 Å². The van der Waals surface area contributed by atoms with Crippen LogP contribution in [-0.4, -0.2) is 11.7 Å². The van der Waals surface area contributed by atoms with Gasteiger partial charge < -0.3 is 5.11 Å². The van der Waals surface area contributed by atoms with Gasteiger partial charge in [0.2, 0.25) is 0 Å². The third-order valence-corrected chi connectivity index (χ3v) is 2.66. The molecule has 1 N–H and O–H groups in total. The summed E-state index contributed by atoms with van der Waals surface area (Å²) in [5.74, 6) is 0.455. The minimum Gasteiger partial charge on any atom is -0.396 e. The quantitative estimate of drug-likeness (QED) is 0.820. The number of hydrogen-bond acceptors (Lipinski definition) is 2. The molecule has 80 valence electrons. The van der Waals surface area contributed by atoms with E-state index >= 15 is 0 Å². The van der Waals surface area contributed by atoms with Crippen molar-refractivity contribution in [2.24, 2.45) is 0 Å². The van der Waals surface area contributed by atoms with E-state index < -0.39 is 0 Å². The second-order valence-corrected chi connectivity index (χ2v) is 4.20. The number of nitriles is 1. The third kappa shape index (κ3) is 2.57. The second-order valence-electron chi connectivity index (χ2n) is 4.20. The summed E-state index contributed by atoms with van der Waals surface area (Å²) in [7, 11) is 0. The third-order valence-electron chi connectivity index (χ3n) is 2.66. The molecule has 1 atom stereocenters. The first-order chi connectivity index (χ1) is 7.10. The highest BCUT2D eigenvalue weighted by molar-refractivity contribution is 5.43. The molecule has 0 amide bonds. The van der Waals surface area contributed by atoms with Crippen molar-refractivity contribution in [3.8, 4) is 6.07 Å². The Hall–Kier alpha value is -1.33. The minimum atomic E-state index is 0.0957. The molecule has 0 saturated carbocycles. The Balaban J connectivity index is 3.15. The smallest absolute Gasteiger partial charge is 0.0994 e. The van der Waals surface area contributed by atoms with Gasteiger partial charge in [-0.05, 0) is 23.1 Å².